The van der Waals surface area contributed by atoms with Crippen molar-refractivity contribution in [2.45, 2.75) is 11.6 Å². The lowest BCUT2D eigenvalue weighted by Gasteiger charge is -2.26. The molecule has 0 amide bonds. The Kier molecular flexibility index (Phi) is 3.75. The molecule has 7 heteroatoms. The number of allylic oxidation sites excluding steroid dienone is 2. The zero-order valence-electron chi connectivity index (χ0n) is 7.08. The zero-order chi connectivity index (χ0) is 10.9. The fourth-order valence-corrected chi connectivity index (χ4v) is 3.13. The minimum Gasteiger partial charge on any atom is -0.607 e. The summed E-state index contributed by atoms with van der Waals surface area (Å²) in [6.07, 6.45) is -1.13. The van der Waals surface area contributed by atoms with Gasteiger partial charge in [0.1, 0.15) is 0 Å². The van der Waals surface area contributed by atoms with E-state index in [-0.39, 0.29) is 0 Å². The lowest BCUT2D eigenvalue weighted by atomic mass is 10.2. The van der Waals surface area contributed by atoms with Crippen LogP contribution in [0.3, 0.4) is 0 Å². The Balaban J connectivity index is 2.82. The third-order valence-corrected chi connectivity index (χ3v) is 4.13. The standard InChI is InChI=1S/C7H7F3INOS/c1-12-4-5(7(8,9)10)2-3-6(12)14(11)13/h2-4,6H,1H3. The summed E-state index contributed by atoms with van der Waals surface area (Å²) in [6, 6.07) is 0. The molecule has 1 heterocycles. The van der Waals surface area contributed by atoms with Crippen molar-refractivity contribution >= 4 is 29.6 Å². The number of halogens is 4. The second-order valence-corrected chi connectivity index (χ2v) is 6.33. The maximum atomic E-state index is 12.2. The second-order valence-electron chi connectivity index (χ2n) is 2.75. The molecule has 0 radical (unpaired) electrons. The lowest BCUT2D eigenvalue weighted by Crippen LogP contribution is -2.34. The smallest absolute Gasteiger partial charge is 0.417 e. The molecule has 0 aromatic heterocycles. The van der Waals surface area contributed by atoms with Gasteiger partial charge in [-0.15, -0.1) is 0 Å². The molecule has 0 bridgehead atoms. The first-order chi connectivity index (χ1) is 6.32. The van der Waals surface area contributed by atoms with Crippen LogP contribution in [0.1, 0.15) is 0 Å². The summed E-state index contributed by atoms with van der Waals surface area (Å²) in [6.45, 7) is 0. The molecule has 0 spiro atoms. The molecular formula is C7H7F3INOS. The summed E-state index contributed by atoms with van der Waals surface area (Å²) >= 11 is 1.67. The molecule has 1 rings (SSSR count). The van der Waals surface area contributed by atoms with Crippen LogP contribution in [0.2, 0.25) is 0 Å². The Labute approximate surface area is 94.6 Å². The number of hydrogen-bond acceptors (Lipinski definition) is 2. The van der Waals surface area contributed by atoms with Crippen molar-refractivity contribution in [1.82, 2.24) is 4.90 Å². The largest absolute Gasteiger partial charge is 0.607 e. The summed E-state index contributed by atoms with van der Waals surface area (Å²) in [7, 11) is 0.242. The summed E-state index contributed by atoms with van der Waals surface area (Å²) in [5.74, 6) is 0. The molecule has 2 nitrogen and oxygen atoms in total. The van der Waals surface area contributed by atoms with Gasteiger partial charge in [-0.1, -0.05) is 0 Å². The molecule has 2 unspecified atom stereocenters. The molecule has 0 saturated carbocycles. The van der Waals surface area contributed by atoms with Crippen LogP contribution in [-0.4, -0.2) is 28.1 Å². The van der Waals surface area contributed by atoms with Crippen molar-refractivity contribution in [1.29, 1.82) is 0 Å². The highest BCUT2D eigenvalue weighted by Gasteiger charge is 2.36. The highest BCUT2D eigenvalue weighted by atomic mass is 127. The minimum absolute atomic E-state index is 0.485. The van der Waals surface area contributed by atoms with Crippen molar-refractivity contribution in [2.24, 2.45) is 0 Å². The van der Waals surface area contributed by atoms with E-state index in [0.717, 1.165) is 12.3 Å². The highest BCUT2D eigenvalue weighted by Crippen LogP contribution is 2.31. The molecule has 1 aliphatic rings. The second kappa shape index (κ2) is 4.31. The van der Waals surface area contributed by atoms with E-state index >= 15 is 0 Å². The average Bonchev–Trinajstić information content (AvgIpc) is 2.01. The van der Waals surface area contributed by atoms with Crippen LogP contribution < -0.4 is 0 Å². The monoisotopic (exact) mass is 337 g/mol. The SMILES string of the molecule is CN1C=C(C(F)(F)F)C=CC1[S+]([O-])I. The topological polar surface area (TPSA) is 26.3 Å². The lowest BCUT2D eigenvalue weighted by molar-refractivity contribution is -0.0895. The molecule has 14 heavy (non-hydrogen) atoms. The molecule has 0 aromatic rings. The van der Waals surface area contributed by atoms with Gasteiger partial charge in [0.2, 0.25) is 5.37 Å². The Morgan fingerprint density at radius 2 is 2.14 bits per heavy atom. The number of hydrogen-bond donors (Lipinski definition) is 0. The van der Waals surface area contributed by atoms with Crippen molar-refractivity contribution < 1.29 is 17.7 Å². The summed E-state index contributed by atoms with van der Waals surface area (Å²) in [4.78, 5) is 1.30. The molecule has 0 aromatic carbocycles. The van der Waals surface area contributed by atoms with Crippen LogP contribution in [0.5, 0.6) is 0 Å². The first kappa shape index (κ1) is 12.2. The van der Waals surface area contributed by atoms with Crippen molar-refractivity contribution in [3.8, 4) is 0 Å². The molecule has 80 valence electrons. The van der Waals surface area contributed by atoms with Gasteiger partial charge in [0.15, 0.2) is 0 Å². The highest BCUT2D eigenvalue weighted by molar-refractivity contribution is 14.2. The van der Waals surface area contributed by atoms with Gasteiger partial charge >= 0.3 is 6.18 Å². The number of nitrogens with zero attached hydrogens (tertiary/aromatic N) is 1. The maximum Gasteiger partial charge on any atom is 0.417 e. The van der Waals surface area contributed by atoms with E-state index in [0.29, 0.717) is 0 Å². The molecule has 0 fully saturated rings. The van der Waals surface area contributed by atoms with Crippen LogP contribution in [0, 0.1) is 0 Å². The first-order valence-corrected chi connectivity index (χ1v) is 7.34. The van der Waals surface area contributed by atoms with E-state index in [9.17, 15) is 17.7 Å². The Bertz CT molecular complexity index is 277. The minimum atomic E-state index is -4.34. The van der Waals surface area contributed by atoms with Crippen molar-refractivity contribution in [3.05, 3.63) is 23.9 Å². The predicted molar refractivity (Wildman–Crippen MR) is 57.0 cm³/mol. The average molecular weight is 337 g/mol. The predicted octanol–water partition coefficient (Wildman–Crippen LogP) is 2.36. The van der Waals surface area contributed by atoms with E-state index in [2.05, 4.69) is 0 Å². The first-order valence-electron chi connectivity index (χ1n) is 3.58. The van der Waals surface area contributed by atoms with E-state index in [1.54, 1.807) is 21.2 Å². The fraction of sp³-hybridized carbons (Fsp3) is 0.429. The van der Waals surface area contributed by atoms with Crippen molar-refractivity contribution in [3.63, 3.8) is 0 Å². The van der Waals surface area contributed by atoms with Crippen LogP contribution in [0.4, 0.5) is 13.2 Å². The fourth-order valence-electron chi connectivity index (χ4n) is 1.02. The van der Waals surface area contributed by atoms with Gasteiger partial charge in [-0.25, -0.2) is 0 Å². The van der Waals surface area contributed by atoms with Gasteiger partial charge in [0, 0.05) is 21.6 Å². The summed E-state index contributed by atoms with van der Waals surface area (Å²) in [5.41, 5.74) is -0.724. The Morgan fingerprint density at radius 3 is 2.50 bits per heavy atom. The maximum absolute atomic E-state index is 12.2. The van der Waals surface area contributed by atoms with E-state index in [1.165, 1.54) is 18.0 Å². The van der Waals surface area contributed by atoms with Crippen LogP contribution in [0.15, 0.2) is 23.9 Å². The van der Waals surface area contributed by atoms with Crippen LogP contribution >= 0.6 is 21.2 Å². The van der Waals surface area contributed by atoms with Gasteiger partial charge in [0.05, 0.1) is 5.57 Å². The van der Waals surface area contributed by atoms with Gasteiger partial charge in [-0.3, -0.25) is 0 Å². The molecule has 2 atom stereocenters. The Morgan fingerprint density at radius 1 is 1.57 bits per heavy atom. The quantitative estimate of drug-likeness (QED) is 0.542. The van der Waals surface area contributed by atoms with Crippen molar-refractivity contribution in [2.75, 3.05) is 7.05 Å². The van der Waals surface area contributed by atoms with Gasteiger partial charge in [-0.2, -0.15) is 13.2 Å². The number of likely N-dealkylation sites (N-methyl/N-ethyl adjacent to an activating group) is 1. The van der Waals surface area contributed by atoms with E-state index < -0.39 is 25.5 Å². The molecule has 0 N–H and O–H groups in total. The molecule has 1 aliphatic heterocycles. The van der Waals surface area contributed by atoms with E-state index in [4.69, 9.17) is 0 Å². The Hall–Kier alpha value is 0.110. The number of rotatable bonds is 1. The number of alkyl halides is 3. The van der Waals surface area contributed by atoms with Gasteiger partial charge in [0.25, 0.3) is 21.2 Å². The molecule has 0 saturated heterocycles. The van der Waals surface area contributed by atoms with E-state index in [1.807, 2.05) is 0 Å². The van der Waals surface area contributed by atoms with Crippen LogP contribution in [-0.2, 0) is 8.35 Å². The van der Waals surface area contributed by atoms with Gasteiger partial charge in [-0.05, 0) is 12.2 Å². The normalized spacial score (nSPS) is 24.9. The van der Waals surface area contributed by atoms with Crippen LogP contribution in [0.25, 0.3) is 0 Å². The molecule has 0 aliphatic carbocycles. The molecular weight excluding hydrogens is 330 g/mol. The third kappa shape index (κ3) is 2.80. The summed E-state index contributed by atoms with van der Waals surface area (Å²) < 4.78 is 47.7. The third-order valence-electron chi connectivity index (χ3n) is 1.70. The van der Waals surface area contributed by atoms with Gasteiger partial charge < -0.3 is 9.45 Å². The summed E-state index contributed by atoms with van der Waals surface area (Å²) in [5, 5.41) is -0.485. The zero-order valence-corrected chi connectivity index (χ0v) is 10.1.